The Labute approximate surface area is 77.1 Å². The summed E-state index contributed by atoms with van der Waals surface area (Å²) in [4.78, 5) is 10.2. The standard InChI is InChI=1S/C8H13N3O2/c1-7-4-8(11(12)13)6-10(5-7)9(2)3/h4-5H,6H2,1-3H3. The topological polar surface area (TPSA) is 49.6 Å². The maximum absolute atomic E-state index is 10.5. The summed E-state index contributed by atoms with van der Waals surface area (Å²) in [5.41, 5.74) is 1.13. The highest BCUT2D eigenvalue weighted by Crippen LogP contribution is 2.13. The molecule has 0 radical (unpaired) electrons. The Bertz CT molecular complexity index is 281. The molecule has 0 N–H and O–H groups in total. The first-order chi connectivity index (χ1) is 6.00. The SMILES string of the molecule is CC1=CN(N(C)C)CC([N+](=O)[O-])=C1. The van der Waals surface area contributed by atoms with Gasteiger partial charge in [-0.2, -0.15) is 0 Å². The lowest BCUT2D eigenvalue weighted by molar-refractivity contribution is -0.429. The summed E-state index contributed by atoms with van der Waals surface area (Å²) >= 11 is 0. The number of hydrogen-bond donors (Lipinski definition) is 0. The minimum absolute atomic E-state index is 0.230. The summed E-state index contributed by atoms with van der Waals surface area (Å²) in [5, 5.41) is 14.2. The summed E-state index contributed by atoms with van der Waals surface area (Å²) < 4.78 is 0. The first kappa shape index (κ1) is 9.73. The second-order valence-corrected chi connectivity index (χ2v) is 3.21. The van der Waals surface area contributed by atoms with Gasteiger partial charge in [-0.3, -0.25) is 10.1 Å². The van der Waals surface area contributed by atoms with E-state index < -0.39 is 0 Å². The van der Waals surface area contributed by atoms with Crippen LogP contribution in [0.1, 0.15) is 6.92 Å². The van der Waals surface area contributed by atoms with Crippen LogP contribution in [0.15, 0.2) is 23.5 Å². The van der Waals surface area contributed by atoms with Crippen molar-refractivity contribution in [2.75, 3.05) is 20.6 Å². The first-order valence-electron chi connectivity index (χ1n) is 3.98. The van der Waals surface area contributed by atoms with Crippen molar-refractivity contribution in [2.45, 2.75) is 6.92 Å². The van der Waals surface area contributed by atoms with E-state index in [0.29, 0.717) is 6.54 Å². The van der Waals surface area contributed by atoms with E-state index in [-0.39, 0.29) is 10.6 Å². The van der Waals surface area contributed by atoms with E-state index in [1.54, 1.807) is 11.1 Å². The average molecular weight is 183 g/mol. The summed E-state index contributed by atoms with van der Waals surface area (Å²) in [5.74, 6) is 0. The minimum Gasteiger partial charge on any atom is -0.302 e. The Kier molecular flexibility index (Phi) is 2.67. The molecule has 1 rings (SSSR count). The molecule has 1 aliphatic rings. The van der Waals surface area contributed by atoms with Crippen molar-refractivity contribution in [1.29, 1.82) is 0 Å². The van der Waals surface area contributed by atoms with E-state index in [1.807, 2.05) is 32.2 Å². The zero-order chi connectivity index (χ0) is 10.0. The fraction of sp³-hybridized carbons (Fsp3) is 0.500. The second-order valence-electron chi connectivity index (χ2n) is 3.21. The molecule has 0 saturated heterocycles. The summed E-state index contributed by atoms with van der Waals surface area (Å²) in [6, 6.07) is 0. The van der Waals surface area contributed by atoms with Crippen molar-refractivity contribution in [2.24, 2.45) is 0 Å². The van der Waals surface area contributed by atoms with Crippen LogP contribution in [0.3, 0.4) is 0 Å². The van der Waals surface area contributed by atoms with Gasteiger partial charge in [0.25, 0.3) is 5.70 Å². The molecule has 5 heteroatoms. The van der Waals surface area contributed by atoms with Gasteiger partial charge in [-0.05, 0) is 12.5 Å². The molecule has 0 aromatic carbocycles. The zero-order valence-electron chi connectivity index (χ0n) is 8.02. The normalized spacial score (nSPS) is 17.1. The number of hydrogen-bond acceptors (Lipinski definition) is 4. The average Bonchev–Trinajstić information content (AvgIpc) is 2.03. The van der Waals surface area contributed by atoms with Crippen LogP contribution in [-0.4, -0.2) is 35.6 Å². The molecule has 1 heterocycles. The van der Waals surface area contributed by atoms with E-state index in [9.17, 15) is 10.1 Å². The molecule has 72 valence electrons. The fourth-order valence-electron chi connectivity index (χ4n) is 1.16. The van der Waals surface area contributed by atoms with Gasteiger partial charge in [-0.15, -0.1) is 0 Å². The van der Waals surface area contributed by atoms with Crippen molar-refractivity contribution >= 4 is 0 Å². The molecule has 0 amide bonds. The Morgan fingerprint density at radius 1 is 1.62 bits per heavy atom. The number of nitro groups is 1. The Morgan fingerprint density at radius 3 is 2.69 bits per heavy atom. The summed E-state index contributed by atoms with van der Waals surface area (Å²) in [6.45, 7) is 2.18. The molecule has 5 nitrogen and oxygen atoms in total. The molecular weight excluding hydrogens is 170 g/mol. The van der Waals surface area contributed by atoms with Crippen LogP contribution >= 0.6 is 0 Å². The van der Waals surface area contributed by atoms with Gasteiger partial charge in [0.2, 0.25) is 0 Å². The largest absolute Gasteiger partial charge is 0.302 e. The highest BCUT2D eigenvalue weighted by Gasteiger charge is 2.19. The van der Waals surface area contributed by atoms with Crippen LogP contribution in [0.2, 0.25) is 0 Å². The highest BCUT2D eigenvalue weighted by molar-refractivity contribution is 5.22. The van der Waals surface area contributed by atoms with Crippen LogP contribution in [0.5, 0.6) is 0 Å². The van der Waals surface area contributed by atoms with Crippen LogP contribution < -0.4 is 0 Å². The van der Waals surface area contributed by atoms with Crippen LogP contribution in [-0.2, 0) is 0 Å². The minimum atomic E-state index is -0.340. The number of hydrazine groups is 1. The van der Waals surface area contributed by atoms with Crippen LogP contribution in [0.25, 0.3) is 0 Å². The molecule has 0 saturated carbocycles. The van der Waals surface area contributed by atoms with Gasteiger partial charge in [0.1, 0.15) is 6.54 Å². The maximum atomic E-state index is 10.5. The van der Waals surface area contributed by atoms with Gasteiger partial charge < -0.3 is 5.01 Å². The predicted molar refractivity (Wildman–Crippen MR) is 49.2 cm³/mol. The molecule has 0 aromatic heterocycles. The lowest BCUT2D eigenvalue weighted by atomic mass is 10.2. The Hall–Kier alpha value is -1.36. The number of rotatable bonds is 2. The monoisotopic (exact) mass is 183 g/mol. The molecule has 0 atom stereocenters. The second kappa shape index (κ2) is 3.57. The van der Waals surface area contributed by atoms with Crippen molar-refractivity contribution in [3.05, 3.63) is 33.7 Å². The third kappa shape index (κ3) is 2.29. The zero-order valence-corrected chi connectivity index (χ0v) is 8.02. The summed E-state index contributed by atoms with van der Waals surface area (Å²) in [6.07, 6.45) is 3.48. The van der Waals surface area contributed by atoms with E-state index in [2.05, 4.69) is 0 Å². The quantitative estimate of drug-likeness (QED) is 0.470. The summed E-state index contributed by atoms with van der Waals surface area (Å²) in [7, 11) is 3.71. The van der Waals surface area contributed by atoms with Crippen molar-refractivity contribution < 1.29 is 4.92 Å². The smallest absolute Gasteiger partial charge is 0.267 e. The highest BCUT2D eigenvalue weighted by atomic mass is 16.6. The van der Waals surface area contributed by atoms with Crippen LogP contribution in [0, 0.1) is 10.1 Å². The molecule has 0 unspecified atom stereocenters. The van der Waals surface area contributed by atoms with E-state index in [4.69, 9.17) is 0 Å². The van der Waals surface area contributed by atoms with Gasteiger partial charge in [0, 0.05) is 26.4 Å². The molecule has 13 heavy (non-hydrogen) atoms. The van der Waals surface area contributed by atoms with Gasteiger partial charge in [-0.25, -0.2) is 5.01 Å². The van der Waals surface area contributed by atoms with Crippen molar-refractivity contribution in [3.8, 4) is 0 Å². The Balaban J connectivity index is 2.83. The Morgan fingerprint density at radius 2 is 2.23 bits per heavy atom. The molecular formula is C8H13N3O2. The molecule has 0 aliphatic carbocycles. The van der Waals surface area contributed by atoms with Gasteiger partial charge in [0.05, 0.1) is 4.92 Å². The third-order valence-electron chi connectivity index (χ3n) is 1.82. The predicted octanol–water partition coefficient (Wildman–Crippen LogP) is 0.843. The number of nitrogens with zero attached hydrogens (tertiary/aromatic N) is 3. The van der Waals surface area contributed by atoms with E-state index >= 15 is 0 Å². The van der Waals surface area contributed by atoms with Gasteiger partial charge in [-0.1, -0.05) is 0 Å². The van der Waals surface area contributed by atoms with E-state index in [0.717, 1.165) is 5.57 Å². The van der Waals surface area contributed by atoms with Crippen molar-refractivity contribution in [3.63, 3.8) is 0 Å². The van der Waals surface area contributed by atoms with Crippen molar-refractivity contribution in [1.82, 2.24) is 10.0 Å². The fourth-order valence-corrected chi connectivity index (χ4v) is 1.16. The molecule has 0 fully saturated rings. The molecule has 0 spiro atoms. The molecule has 0 aromatic rings. The maximum Gasteiger partial charge on any atom is 0.267 e. The van der Waals surface area contributed by atoms with E-state index in [1.165, 1.54) is 0 Å². The van der Waals surface area contributed by atoms with Gasteiger partial charge in [0.15, 0.2) is 0 Å². The lowest BCUT2D eigenvalue weighted by Gasteiger charge is -2.28. The lowest BCUT2D eigenvalue weighted by Crippen LogP contribution is -2.36. The molecule has 1 aliphatic heterocycles. The molecule has 0 bridgehead atoms. The third-order valence-corrected chi connectivity index (χ3v) is 1.82. The number of allylic oxidation sites excluding steroid dienone is 2. The first-order valence-corrected chi connectivity index (χ1v) is 3.98. The van der Waals surface area contributed by atoms with Crippen LogP contribution in [0.4, 0.5) is 0 Å². The van der Waals surface area contributed by atoms with Gasteiger partial charge >= 0.3 is 0 Å².